The van der Waals surface area contributed by atoms with Gasteiger partial charge in [-0.25, -0.2) is 4.98 Å². The van der Waals surface area contributed by atoms with Gasteiger partial charge >= 0.3 is 0 Å². The predicted octanol–water partition coefficient (Wildman–Crippen LogP) is 2.79. The first-order valence-electron chi connectivity index (χ1n) is 7.81. The highest BCUT2D eigenvalue weighted by atomic mass is 35.5. The molecule has 0 spiro atoms. The lowest BCUT2D eigenvalue weighted by molar-refractivity contribution is -0.146. The number of fused-ring (bicyclic) bond motifs is 1. The Morgan fingerprint density at radius 1 is 1.33 bits per heavy atom. The zero-order valence-corrected chi connectivity index (χ0v) is 15.6. The van der Waals surface area contributed by atoms with Crippen molar-refractivity contribution in [1.29, 1.82) is 0 Å². The molecule has 2 saturated heterocycles. The summed E-state index contributed by atoms with van der Waals surface area (Å²) in [5.74, 6) is 0.106. The number of aromatic nitrogens is 1. The fraction of sp³-hybridized carbons (Fsp3) is 0.500. The standard InChI is InChI=1S/C16H19N3O2S.2ClH/c20-16(13-10-17-7-9-21-13)19-8-3-5-12(19)15-18-11-4-1-2-6-14(11)22-15;;/h1-2,4,6,12-13,17H,3,5,7-10H2;2*1H. The van der Waals surface area contributed by atoms with Crippen molar-refractivity contribution in [3.05, 3.63) is 29.3 Å². The summed E-state index contributed by atoms with van der Waals surface area (Å²) >= 11 is 1.70. The normalized spacial score (nSPS) is 23.6. The van der Waals surface area contributed by atoms with Crippen LogP contribution in [0.2, 0.25) is 0 Å². The third kappa shape index (κ3) is 3.68. The van der Waals surface area contributed by atoms with E-state index in [-0.39, 0.29) is 42.9 Å². The first kappa shape index (κ1) is 19.4. The van der Waals surface area contributed by atoms with E-state index in [1.807, 2.05) is 23.1 Å². The van der Waals surface area contributed by atoms with Gasteiger partial charge in [-0.3, -0.25) is 4.79 Å². The van der Waals surface area contributed by atoms with E-state index in [9.17, 15) is 4.79 Å². The van der Waals surface area contributed by atoms with Gasteiger partial charge in [-0.15, -0.1) is 36.2 Å². The second kappa shape index (κ2) is 8.45. The number of rotatable bonds is 2. The van der Waals surface area contributed by atoms with Gasteiger partial charge in [0, 0.05) is 19.6 Å². The van der Waals surface area contributed by atoms with Crippen LogP contribution in [0.15, 0.2) is 24.3 Å². The molecule has 24 heavy (non-hydrogen) atoms. The average molecular weight is 390 g/mol. The molecule has 8 heteroatoms. The summed E-state index contributed by atoms with van der Waals surface area (Å²) in [4.78, 5) is 19.4. The molecule has 2 fully saturated rings. The first-order valence-corrected chi connectivity index (χ1v) is 8.63. The van der Waals surface area contributed by atoms with Gasteiger partial charge in [0.25, 0.3) is 5.91 Å². The Labute approximate surface area is 157 Å². The summed E-state index contributed by atoms with van der Waals surface area (Å²) in [6.07, 6.45) is 1.68. The number of para-hydroxylation sites is 1. The Morgan fingerprint density at radius 2 is 2.17 bits per heavy atom. The Bertz CT molecular complexity index is 658. The number of amides is 1. The number of likely N-dealkylation sites (tertiary alicyclic amines) is 1. The van der Waals surface area contributed by atoms with Crippen molar-refractivity contribution in [1.82, 2.24) is 15.2 Å². The number of ether oxygens (including phenoxy) is 1. The van der Waals surface area contributed by atoms with Crippen LogP contribution in [0.3, 0.4) is 0 Å². The van der Waals surface area contributed by atoms with Crippen LogP contribution in [0.1, 0.15) is 23.9 Å². The second-order valence-electron chi connectivity index (χ2n) is 5.77. The van der Waals surface area contributed by atoms with E-state index in [0.717, 1.165) is 36.5 Å². The fourth-order valence-electron chi connectivity index (χ4n) is 3.23. The van der Waals surface area contributed by atoms with Crippen molar-refractivity contribution in [2.24, 2.45) is 0 Å². The number of nitrogens with one attached hydrogen (secondary N) is 1. The maximum Gasteiger partial charge on any atom is 0.253 e. The smallest absolute Gasteiger partial charge is 0.253 e. The number of nitrogens with zero attached hydrogens (tertiary/aromatic N) is 2. The lowest BCUT2D eigenvalue weighted by Gasteiger charge is -2.30. The van der Waals surface area contributed by atoms with E-state index < -0.39 is 0 Å². The highest BCUT2D eigenvalue weighted by molar-refractivity contribution is 7.18. The van der Waals surface area contributed by atoms with Gasteiger partial charge < -0.3 is 15.0 Å². The molecule has 0 bridgehead atoms. The quantitative estimate of drug-likeness (QED) is 0.857. The highest BCUT2D eigenvalue weighted by Gasteiger charge is 2.36. The molecule has 0 radical (unpaired) electrons. The van der Waals surface area contributed by atoms with Crippen molar-refractivity contribution in [3.63, 3.8) is 0 Å². The molecular formula is C16H21Cl2N3O2S. The van der Waals surface area contributed by atoms with Crippen molar-refractivity contribution in [2.45, 2.75) is 25.0 Å². The maximum absolute atomic E-state index is 12.7. The number of hydrogen-bond donors (Lipinski definition) is 1. The van der Waals surface area contributed by atoms with Gasteiger partial charge in [0.05, 0.1) is 22.9 Å². The summed E-state index contributed by atoms with van der Waals surface area (Å²) in [5, 5.41) is 4.28. The predicted molar refractivity (Wildman–Crippen MR) is 100 cm³/mol. The van der Waals surface area contributed by atoms with E-state index in [1.165, 1.54) is 4.70 Å². The van der Waals surface area contributed by atoms with Crippen LogP contribution < -0.4 is 5.32 Å². The summed E-state index contributed by atoms with van der Waals surface area (Å²) in [5.41, 5.74) is 1.03. The van der Waals surface area contributed by atoms with Gasteiger partial charge in [-0.1, -0.05) is 12.1 Å². The number of halogens is 2. The van der Waals surface area contributed by atoms with Gasteiger partial charge in [0.1, 0.15) is 11.1 Å². The third-order valence-corrected chi connectivity index (χ3v) is 5.47. The number of carbonyl (C=O) groups is 1. The fourth-order valence-corrected chi connectivity index (χ4v) is 4.34. The molecule has 0 saturated carbocycles. The van der Waals surface area contributed by atoms with Gasteiger partial charge in [0.2, 0.25) is 0 Å². The molecule has 2 aliphatic rings. The molecule has 4 rings (SSSR count). The molecule has 1 aromatic carbocycles. The maximum atomic E-state index is 12.7. The van der Waals surface area contributed by atoms with Crippen LogP contribution >= 0.6 is 36.2 Å². The molecular weight excluding hydrogens is 369 g/mol. The summed E-state index contributed by atoms with van der Waals surface area (Å²) in [6.45, 7) is 2.85. The molecule has 2 atom stereocenters. The van der Waals surface area contributed by atoms with E-state index in [4.69, 9.17) is 9.72 Å². The van der Waals surface area contributed by atoms with E-state index >= 15 is 0 Å². The van der Waals surface area contributed by atoms with Crippen molar-refractivity contribution in [3.8, 4) is 0 Å². The first-order chi connectivity index (χ1) is 10.8. The second-order valence-corrected chi connectivity index (χ2v) is 6.84. The van der Waals surface area contributed by atoms with Crippen LogP contribution in [0.5, 0.6) is 0 Å². The van der Waals surface area contributed by atoms with Gasteiger partial charge in [-0.2, -0.15) is 0 Å². The SMILES string of the molecule is Cl.Cl.O=C(C1CNCCO1)N1CCCC1c1nc2ccccc2s1. The molecule has 0 aliphatic carbocycles. The van der Waals surface area contributed by atoms with Crippen LogP contribution in [-0.2, 0) is 9.53 Å². The number of hydrogen-bond acceptors (Lipinski definition) is 5. The van der Waals surface area contributed by atoms with E-state index in [1.54, 1.807) is 11.3 Å². The Morgan fingerprint density at radius 3 is 2.92 bits per heavy atom. The van der Waals surface area contributed by atoms with Crippen LogP contribution in [0, 0.1) is 0 Å². The zero-order chi connectivity index (χ0) is 14.9. The lowest BCUT2D eigenvalue weighted by atomic mass is 10.2. The Kier molecular flexibility index (Phi) is 6.83. The Balaban J connectivity index is 0.00000104. The molecule has 1 N–H and O–H groups in total. The molecule has 3 heterocycles. The number of morpholine rings is 1. The Hall–Kier alpha value is -0.920. The molecule has 2 aliphatic heterocycles. The number of benzene rings is 1. The van der Waals surface area contributed by atoms with Crippen LogP contribution in [0.25, 0.3) is 10.2 Å². The summed E-state index contributed by atoms with van der Waals surface area (Å²) in [6, 6.07) is 8.26. The summed E-state index contributed by atoms with van der Waals surface area (Å²) in [7, 11) is 0. The molecule has 2 unspecified atom stereocenters. The van der Waals surface area contributed by atoms with Crippen molar-refractivity contribution in [2.75, 3.05) is 26.2 Å². The van der Waals surface area contributed by atoms with Crippen LogP contribution in [0.4, 0.5) is 0 Å². The third-order valence-electron chi connectivity index (χ3n) is 4.33. The highest BCUT2D eigenvalue weighted by Crippen LogP contribution is 2.36. The minimum absolute atomic E-state index is 0. The molecule has 1 amide bonds. The van der Waals surface area contributed by atoms with Crippen LogP contribution in [-0.4, -0.2) is 48.1 Å². The molecule has 5 nitrogen and oxygen atoms in total. The minimum atomic E-state index is -0.344. The van der Waals surface area contributed by atoms with E-state index in [0.29, 0.717) is 13.2 Å². The lowest BCUT2D eigenvalue weighted by Crippen LogP contribution is -2.49. The van der Waals surface area contributed by atoms with E-state index in [2.05, 4.69) is 11.4 Å². The average Bonchev–Trinajstić information content (AvgIpc) is 3.21. The van der Waals surface area contributed by atoms with Gasteiger partial charge in [0.15, 0.2) is 0 Å². The largest absolute Gasteiger partial charge is 0.366 e. The topological polar surface area (TPSA) is 54.5 Å². The number of carbonyl (C=O) groups excluding carboxylic acids is 1. The zero-order valence-electron chi connectivity index (χ0n) is 13.1. The molecule has 132 valence electrons. The van der Waals surface area contributed by atoms with Crippen molar-refractivity contribution >= 4 is 52.3 Å². The summed E-state index contributed by atoms with van der Waals surface area (Å²) < 4.78 is 6.81. The molecule has 1 aromatic heterocycles. The number of thiazole rings is 1. The minimum Gasteiger partial charge on any atom is -0.366 e. The van der Waals surface area contributed by atoms with Crippen molar-refractivity contribution < 1.29 is 9.53 Å². The molecule has 2 aromatic rings. The monoisotopic (exact) mass is 389 g/mol. The van der Waals surface area contributed by atoms with Gasteiger partial charge in [-0.05, 0) is 25.0 Å².